The number of nitrogens with zero attached hydrogens (tertiary/aromatic N) is 3. The summed E-state index contributed by atoms with van der Waals surface area (Å²) in [5.41, 5.74) is 15.9. The van der Waals surface area contributed by atoms with Gasteiger partial charge in [0, 0.05) is 63.3 Å². The van der Waals surface area contributed by atoms with Gasteiger partial charge in [-0.25, -0.2) is 0 Å². The fourth-order valence-corrected chi connectivity index (χ4v) is 9.79. The number of fused-ring (bicyclic) bond motifs is 9. The molecule has 0 amide bonds. The molecule has 6 aliphatic rings. The van der Waals surface area contributed by atoms with Crippen molar-refractivity contribution in [2.45, 2.75) is 17.7 Å². The van der Waals surface area contributed by atoms with E-state index < -0.39 is 0 Å². The zero-order valence-electron chi connectivity index (χ0n) is 25.0. The fourth-order valence-electron chi connectivity index (χ4n) is 8.48. The van der Waals surface area contributed by atoms with Crippen molar-refractivity contribution in [1.29, 1.82) is 0 Å². The van der Waals surface area contributed by atoms with Crippen molar-refractivity contribution in [2.24, 2.45) is 0 Å². The van der Waals surface area contributed by atoms with Crippen molar-refractivity contribution >= 4 is 56.3 Å². The minimum Gasteiger partial charge on any atom is -0.321 e. The summed E-state index contributed by atoms with van der Waals surface area (Å²) in [6.07, 6.45) is 19.5. The molecule has 3 aliphatic heterocycles. The zero-order valence-corrected chi connectivity index (χ0v) is 25.8. The zero-order chi connectivity index (χ0) is 29.9. The van der Waals surface area contributed by atoms with Gasteiger partial charge in [0.2, 0.25) is 17.1 Å². The third-order valence-electron chi connectivity index (χ3n) is 10.4. The van der Waals surface area contributed by atoms with E-state index in [-0.39, 0.29) is 6.04 Å². The van der Waals surface area contributed by atoms with Crippen LogP contribution in [0.2, 0.25) is 0 Å². The second kappa shape index (κ2) is 9.12. The Kier molecular flexibility index (Phi) is 4.94. The summed E-state index contributed by atoms with van der Waals surface area (Å²) in [6.45, 7) is 0. The van der Waals surface area contributed by atoms with Gasteiger partial charge in [-0.15, -0.1) is 11.8 Å². The summed E-state index contributed by atoms with van der Waals surface area (Å²) >= 11 is 2.01. The lowest BCUT2D eigenvalue weighted by Gasteiger charge is -2.34. The Bertz CT molecular complexity index is 2480. The second-order valence-electron chi connectivity index (χ2n) is 12.7. The predicted octanol–water partition coefficient (Wildman–Crippen LogP) is 9.84. The minimum absolute atomic E-state index is 0.148. The van der Waals surface area contributed by atoms with E-state index in [0.29, 0.717) is 5.25 Å². The van der Waals surface area contributed by atoms with Crippen LogP contribution in [0.1, 0.15) is 6.42 Å². The van der Waals surface area contributed by atoms with Gasteiger partial charge in [-0.2, -0.15) is 4.58 Å². The van der Waals surface area contributed by atoms with Crippen molar-refractivity contribution in [3.8, 4) is 5.69 Å². The highest BCUT2D eigenvalue weighted by molar-refractivity contribution is 8.04. The van der Waals surface area contributed by atoms with Crippen LogP contribution in [0.15, 0.2) is 179 Å². The molecular weight excluding hydrogens is 579 g/mol. The van der Waals surface area contributed by atoms with E-state index in [1.807, 2.05) is 11.8 Å². The maximum Gasteiger partial charge on any atom is 0.235 e. The largest absolute Gasteiger partial charge is 0.321 e. The lowest BCUT2D eigenvalue weighted by molar-refractivity contribution is 0.852. The highest BCUT2D eigenvalue weighted by atomic mass is 32.2. The number of benzene rings is 4. The summed E-state index contributed by atoms with van der Waals surface area (Å²) in [5, 5.41) is 2.98. The Balaban J connectivity index is 1.12. The monoisotopic (exact) mass is 606 g/mol. The third kappa shape index (κ3) is 3.22. The fraction of sp³-hybridized carbons (Fsp3) is 0.0714. The Labute approximate surface area is 271 Å². The molecule has 2 unspecified atom stereocenters. The van der Waals surface area contributed by atoms with Crippen LogP contribution in [0.5, 0.6) is 0 Å². The van der Waals surface area contributed by atoms with E-state index in [9.17, 15) is 0 Å². The second-order valence-corrected chi connectivity index (χ2v) is 13.8. The van der Waals surface area contributed by atoms with Gasteiger partial charge in [-0.1, -0.05) is 85.0 Å². The van der Waals surface area contributed by atoms with E-state index in [1.54, 1.807) is 0 Å². The molecule has 4 aromatic carbocycles. The first kappa shape index (κ1) is 24.9. The van der Waals surface area contributed by atoms with Crippen molar-refractivity contribution in [2.75, 3.05) is 4.90 Å². The van der Waals surface area contributed by atoms with Crippen molar-refractivity contribution in [3.63, 3.8) is 0 Å². The van der Waals surface area contributed by atoms with Gasteiger partial charge in [-0.3, -0.25) is 0 Å². The SMILES string of the molecule is C1=CC2=C3CC4=C(C=C3SC2C=C1)C1=CC=CC2=[N+](c3ccc5c(c3)c3ccccc3n5-c3ccccc3)c3ccccc3N4C12. The number of thioether (sulfide) groups is 1. The minimum atomic E-state index is 0.148. The van der Waals surface area contributed by atoms with Crippen LogP contribution in [0, 0.1) is 0 Å². The summed E-state index contributed by atoms with van der Waals surface area (Å²) in [5.74, 6) is 0. The molecule has 11 rings (SSSR count). The summed E-state index contributed by atoms with van der Waals surface area (Å²) < 4.78 is 4.91. The average molecular weight is 607 g/mol. The lowest BCUT2D eigenvalue weighted by Crippen LogP contribution is -2.45. The van der Waals surface area contributed by atoms with E-state index in [1.165, 1.54) is 83.2 Å². The van der Waals surface area contributed by atoms with Crippen molar-refractivity contribution in [1.82, 2.24) is 9.14 Å². The smallest absolute Gasteiger partial charge is 0.235 e. The molecular formula is C42H28N3S+. The van der Waals surface area contributed by atoms with E-state index in [2.05, 4.69) is 160 Å². The molecule has 1 aromatic heterocycles. The van der Waals surface area contributed by atoms with E-state index in [0.717, 1.165) is 6.42 Å². The normalized spacial score (nSPS) is 21.9. The molecule has 2 atom stereocenters. The molecule has 0 spiro atoms. The molecule has 0 N–H and O–H groups in total. The highest BCUT2D eigenvalue weighted by Crippen LogP contribution is 2.56. The lowest BCUT2D eigenvalue weighted by atomic mass is 9.88. The average Bonchev–Trinajstić information content (AvgIpc) is 3.76. The highest BCUT2D eigenvalue weighted by Gasteiger charge is 2.50. The number of aromatic nitrogens is 1. The van der Waals surface area contributed by atoms with Gasteiger partial charge < -0.3 is 9.47 Å². The Morgan fingerprint density at radius 1 is 0.761 bits per heavy atom. The Hall–Kier alpha value is -5.32. The number of para-hydroxylation sites is 4. The molecule has 46 heavy (non-hydrogen) atoms. The van der Waals surface area contributed by atoms with Crippen molar-refractivity contribution in [3.05, 3.63) is 179 Å². The van der Waals surface area contributed by atoms with E-state index in [4.69, 9.17) is 0 Å². The van der Waals surface area contributed by atoms with Gasteiger partial charge in [-0.05, 0) is 53.1 Å². The van der Waals surface area contributed by atoms with Crippen LogP contribution in [0.3, 0.4) is 0 Å². The number of rotatable bonds is 2. The van der Waals surface area contributed by atoms with Crippen LogP contribution in [-0.2, 0) is 0 Å². The van der Waals surface area contributed by atoms with Crippen LogP contribution in [0.25, 0.3) is 27.5 Å². The van der Waals surface area contributed by atoms with E-state index >= 15 is 0 Å². The molecule has 216 valence electrons. The van der Waals surface area contributed by atoms with Crippen LogP contribution in [0.4, 0.5) is 17.1 Å². The number of anilines is 1. The first-order valence-electron chi connectivity index (χ1n) is 16.1. The maximum absolute atomic E-state index is 2.65. The van der Waals surface area contributed by atoms with Gasteiger partial charge >= 0.3 is 0 Å². The van der Waals surface area contributed by atoms with Gasteiger partial charge in [0.15, 0.2) is 0 Å². The molecule has 5 aromatic rings. The molecule has 3 nitrogen and oxygen atoms in total. The van der Waals surface area contributed by atoms with Crippen molar-refractivity contribution < 1.29 is 0 Å². The van der Waals surface area contributed by atoms with Crippen LogP contribution < -0.4 is 9.48 Å². The van der Waals surface area contributed by atoms with Gasteiger partial charge in [0.05, 0.1) is 16.3 Å². The molecule has 0 saturated heterocycles. The first-order chi connectivity index (χ1) is 22.8. The molecule has 0 radical (unpaired) electrons. The summed E-state index contributed by atoms with van der Waals surface area (Å²) in [6, 6.07) is 35.7. The quantitative estimate of drug-likeness (QED) is 0.185. The van der Waals surface area contributed by atoms with Crippen LogP contribution in [-0.4, -0.2) is 21.6 Å². The maximum atomic E-state index is 2.65. The van der Waals surface area contributed by atoms with Gasteiger partial charge in [0.25, 0.3) is 0 Å². The molecule has 0 bridgehead atoms. The molecule has 4 heterocycles. The summed E-state index contributed by atoms with van der Waals surface area (Å²) in [7, 11) is 0. The molecule has 4 heteroatoms. The molecule has 0 saturated carbocycles. The number of hydrogen-bond acceptors (Lipinski definition) is 2. The topological polar surface area (TPSA) is 11.2 Å². The Morgan fingerprint density at radius 3 is 2.57 bits per heavy atom. The van der Waals surface area contributed by atoms with Gasteiger partial charge in [0.1, 0.15) is 11.7 Å². The Morgan fingerprint density at radius 2 is 1.61 bits per heavy atom. The standard InChI is InChI=1S/C42H28N3S/c1-2-11-26(12-3-1)43-34-16-6-4-13-28(34)31-23-27(21-22-35(31)43)44-36-17-7-8-18-37(36)45-39-24-33-29-14-5-9-20-40(29)46-41(33)25-32(39)30-15-10-19-38(44)42(30)45/h1-23,25,40,42H,24H2/q+1. The number of allylic oxidation sites excluding steroid dienone is 8. The molecule has 3 aliphatic carbocycles. The third-order valence-corrected chi connectivity index (χ3v) is 11.6. The number of hydrogen-bond donors (Lipinski definition) is 0. The summed E-state index contributed by atoms with van der Waals surface area (Å²) in [4.78, 5) is 4.09. The molecule has 0 fully saturated rings. The first-order valence-corrected chi connectivity index (χ1v) is 16.9. The van der Waals surface area contributed by atoms with Crippen LogP contribution >= 0.6 is 11.8 Å². The predicted molar refractivity (Wildman–Crippen MR) is 194 cm³/mol.